The van der Waals surface area contributed by atoms with Crippen molar-refractivity contribution in [2.75, 3.05) is 7.05 Å². The molecule has 22 heavy (non-hydrogen) atoms. The van der Waals surface area contributed by atoms with Crippen molar-refractivity contribution in [2.24, 2.45) is 4.99 Å². The van der Waals surface area contributed by atoms with Crippen molar-refractivity contribution in [3.63, 3.8) is 0 Å². The van der Waals surface area contributed by atoms with Gasteiger partial charge in [-0.15, -0.1) is 0 Å². The maximum absolute atomic E-state index is 13.4. The van der Waals surface area contributed by atoms with Crippen LogP contribution in [-0.4, -0.2) is 33.7 Å². The molecular formula is C15H11F2N5. The third-order valence-corrected chi connectivity index (χ3v) is 3.03. The number of hydrogen-bond acceptors (Lipinski definition) is 4. The van der Waals surface area contributed by atoms with Gasteiger partial charge < -0.3 is 0 Å². The normalized spacial score (nSPS) is 11.2. The first-order valence-electron chi connectivity index (χ1n) is 6.45. The van der Waals surface area contributed by atoms with Gasteiger partial charge in [0.2, 0.25) is 0 Å². The van der Waals surface area contributed by atoms with Crippen molar-refractivity contribution in [3.8, 4) is 22.6 Å². The molecule has 2 aromatic heterocycles. The number of pyridine rings is 1. The predicted molar refractivity (Wildman–Crippen MR) is 78.5 cm³/mol. The molecule has 3 rings (SSSR count). The van der Waals surface area contributed by atoms with Gasteiger partial charge in [0, 0.05) is 12.6 Å². The molecule has 0 aliphatic heterocycles. The third kappa shape index (κ3) is 2.60. The Hall–Kier alpha value is -2.96. The zero-order valence-electron chi connectivity index (χ0n) is 11.6. The molecule has 0 unspecified atom stereocenters. The lowest BCUT2D eigenvalue weighted by Crippen LogP contribution is -1.93. The molecule has 1 aromatic carbocycles. The average molecular weight is 299 g/mol. The van der Waals surface area contributed by atoms with E-state index in [9.17, 15) is 8.78 Å². The Bertz CT molecular complexity index is 841. The Labute approximate surface area is 124 Å². The van der Waals surface area contributed by atoms with Crippen LogP contribution in [0, 0.1) is 11.6 Å². The van der Waals surface area contributed by atoms with Crippen molar-refractivity contribution in [1.82, 2.24) is 20.4 Å². The average Bonchev–Trinajstić information content (AvgIpc) is 2.99. The Morgan fingerprint density at radius 1 is 1.05 bits per heavy atom. The van der Waals surface area contributed by atoms with E-state index in [0.717, 1.165) is 12.1 Å². The number of aromatic amines is 1. The molecule has 0 saturated carbocycles. The highest BCUT2D eigenvalue weighted by Gasteiger charge is 2.12. The number of aromatic nitrogens is 4. The monoisotopic (exact) mass is 299 g/mol. The van der Waals surface area contributed by atoms with Crippen molar-refractivity contribution in [2.45, 2.75) is 0 Å². The number of H-pyrrole nitrogens is 1. The SMILES string of the molecule is CN=Cc1n[nH]nc1-c1cccc(-c2ccc(F)c(F)c2)n1. The summed E-state index contributed by atoms with van der Waals surface area (Å²) in [7, 11) is 1.63. The lowest BCUT2D eigenvalue weighted by molar-refractivity contribution is 0.509. The number of benzene rings is 1. The van der Waals surface area contributed by atoms with Gasteiger partial charge in [0.25, 0.3) is 0 Å². The summed E-state index contributed by atoms with van der Waals surface area (Å²) >= 11 is 0. The zero-order valence-corrected chi connectivity index (χ0v) is 11.6. The predicted octanol–water partition coefficient (Wildman–Crippen LogP) is 2.86. The second-order valence-electron chi connectivity index (χ2n) is 4.48. The van der Waals surface area contributed by atoms with Gasteiger partial charge in [-0.2, -0.15) is 15.4 Å². The molecule has 1 N–H and O–H groups in total. The highest BCUT2D eigenvalue weighted by Crippen LogP contribution is 2.23. The second-order valence-corrected chi connectivity index (χ2v) is 4.48. The fourth-order valence-corrected chi connectivity index (χ4v) is 2.02. The third-order valence-electron chi connectivity index (χ3n) is 3.03. The molecule has 0 saturated heterocycles. The summed E-state index contributed by atoms with van der Waals surface area (Å²) in [5, 5.41) is 10.5. The molecule has 0 atom stereocenters. The van der Waals surface area contributed by atoms with E-state index in [1.165, 1.54) is 6.07 Å². The maximum atomic E-state index is 13.4. The molecule has 0 spiro atoms. The molecular weight excluding hydrogens is 288 g/mol. The van der Waals surface area contributed by atoms with Crippen LogP contribution in [0.25, 0.3) is 22.6 Å². The van der Waals surface area contributed by atoms with Crippen LogP contribution >= 0.6 is 0 Å². The van der Waals surface area contributed by atoms with Gasteiger partial charge in [-0.3, -0.25) is 4.99 Å². The van der Waals surface area contributed by atoms with Crippen LogP contribution < -0.4 is 0 Å². The molecule has 0 radical (unpaired) electrons. The van der Waals surface area contributed by atoms with Crippen molar-refractivity contribution >= 4 is 6.21 Å². The summed E-state index contributed by atoms with van der Waals surface area (Å²) in [5.74, 6) is -1.80. The lowest BCUT2D eigenvalue weighted by atomic mass is 10.1. The summed E-state index contributed by atoms with van der Waals surface area (Å²) in [6.45, 7) is 0. The van der Waals surface area contributed by atoms with Crippen LogP contribution in [-0.2, 0) is 0 Å². The first-order chi connectivity index (χ1) is 10.7. The summed E-state index contributed by atoms with van der Waals surface area (Å²) in [4.78, 5) is 8.33. The zero-order chi connectivity index (χ0) is 15.5. The lowest BCUT2D eigenvalue weighted by Gasteiger charge is -2.04. The van der Waals surface area contributed by atoms with Gasteiger partial charge in [-0.05, 0) is 30.3 Å². The van der Waals surface area contributed by atoms with Gasteiger partial charge >= 0.3 is 0 Å². The first-order valence-corrected chi connectivity index (χ1v) is 6.45. The molecule has 0 bridgehead atoms. The van der Waals surface area contributed by atoms with Crippen LogP contribution in [0.4, 0.5) is 8.78 Å². The number of nitrogens with one attached hydrogen (secondary N) is 1. The molecule has 2 heterocycles. The second kappa shape index (κ2) is 5.80. The van der Waals surface area contributed by atoms with Gasteiger partial charge in [0.05, 0.1) is 17.6 Å². The molecule has 0 aliphatic rings. The summed E-state index contributed by atoms with van der Waals surface area (Å²) in [6, 6.07) is 8.89. The van der Waals surface area contributed by atoms with Gasteiger partial charge in [-0.25, -0.2) is 13.8 Å². The highest BCUT2D eigenvalue weighted by atomic mass is 19.2. The van der Waals surface area contributed by atoms with Crippen LogP contribution in [0.2, 0.25) is 0 Å². The first kappa shape index (κ1) is 14.0. The summed E-state index contributed by atoms with van der Waals surface area (Å²) in [6.07, 6.45) is 1.56. The van der Waals surface area contributed by atoms with E-state index >= 15 is 0 Å². The van der Waals surface area contributed by atoms with Gasteiger partial charge in [0.15, 0.2) is 11.6 Å². The van der Waals surface area contributed by atoms with Crippen molar-refractivity contribution < 1.29 is 8.78 Å². The molecule has 5 nitrogen and oxygen atoms in total. The minimum absolute atomic E-state index is 0.481. The molecule has 0 aliphatic carbocycles. The molecule has 0 fully saturated rings. The minimum Gasteiger partial charge on any atom is -0.294 e. The van der Waals surface area contributed by atoms with Crippen LogP contribution in [0.15, 0.2) is 41.4 Å². The molecule has 0 amide bonds. The topological polar surface area (TPSA) is 66.8 Å². The molecule has 3 aromatic rings. The van der Waals surface area contributed by atoms with E-state index in [1.54, 1.807) is 31.5 Å². The fraction of sp³-hybridized carbons (Fsp3) is 0.0667. The standard InChI is InChI=1S/C15H11F2N5/c1-18-8-14-15(21-22-20-14)13-4-2-3-12(19-13)9-5-6-10(16)11(17)7-9/h2-8H,1H3,(H,20,21,22). The summed E-state index contributed by atoms with van der Waals surface area (Å²) < 4.78 is 26.4. The van der Waals surface area contributed by atoms with Gasteiger partial charge in [0.1, 0.15) is 11.4 Å². The maximum Gasteiger partial charge on any atom is 0.159 e. The molecule has 110 valence electrons. The molecule has 7 heteroatoms. The minimum atomic E-state index is -0.912. The number of hydrogen-bond donors (Lipinski definition) is 1. The Morgan fingerprint density at radius 3 is 2.64 bits per heavy atom. The number of rotatable bonds is 3. The van der Waals surface area contributed by atoms with Crippen molar-refractivity contribution in [3.05, 3.63) is 53.7 Å². The number of aliphatic imine (C=N–C) groups is 1. The smallest absolute Gasteiger partial charge is 0.159 e. The van der Waals surface area contributed by atoms with E-state index < -0.39 is 11.6 Å². The highest BCUT2D eigenvalue weighted by molar-refractivity contribution is 5.85. The Balaban J connectivity index is 2.06. The summed E-state index contributed by atoms with van der Waals surface area (Å²) in [5.41, 5.74) is 2.65. The number of nitrogens with zero attached hydrogens (tertiary/aromatic N) is 4. The van der Waals surface area contributed by atoms with E-state index in [1.807, 2.05) is 0 Å². The van der Waals surface area contributed by atoms with E-state index in [-0.39, 0.29) is 0 Å². The van der Waals surface area contributed by atoms with Crippen LogP contribution in [0.3, 0.4) is 0 Å². The quantitative estimate of drug-likeness (QED) is 0.756. The van der Waals surface area contributed by atoms with Crippen LogP contribution in [0.1, 0.15) is 5.69 Å². The van der Waals surface area contributed by atoms with Crippen LogP contribution in [0.5, 0.6) is 0 Å². The Kier molecular flexibility index (Phi) is 3.69. The largest absolute Gasteiger partial charge is 0.294 e. The van der Waals surface area contributed by atoms with E-state index in [4.69, 9.17) is 0 Å². The fourth-order valence-electron chi connectivity index (χ4n) is 2.02. The Morgan fingerprint density at radius 2 is 1.86 bits per heavy atom. The van der Waals surface area contributed by atoms with Gasteiger partial charge in [-0.1, -0.05) is 6.07 Å². The van der Waals surface area contributed by atoms with E-state index in [2.05, 4.69) is 25.4 Å². The van der Waals surface area contributed by atoms with E-state index in [0.29, 0.717) is 28.3 Å². The van der Waals surface area contributed by atoms with Crippen molar-refractivity contribution in [1.29, 1.82) is 0 Å². The number of halogens is 2.